The van der Waals surface area contributed by atoms with Crippen LogP contribution in [-0.2, 0) is 0 Å². The zero-order valence-corrected chi connectivity index (χ0v) is 18.5. The number of amides is 1. The summed E-state index contributed by atoms with van der Waals surface area (Å²) >= 11 is 0. The Labute approximate surface area is 200 Å². The molecule has 0 atom stereocenters. The minimum atomic E-state index is -0.499. The monoisotopic (exact) mass is 462 g/mol. The minimum Gasteiger partial charge on any atom is -0.266 e. The summed E-state index contributed by atoms with van der Waals surface area (Å²) in [5, 5.41) is 15.9. The van der Waals surface area contributed by atoms with E-state index in [4.69, 9.17) is 5.10 Å². The van der Waals surface area contributed by atoms with Crippen molar-refractivity contribution < 1.29 is 14.4 Å². The number of para-hydroxylation sites is 1. The summed E-state index contributed by atoms with van der Waals surface area (Å²) in [6.45, 7) is 0. The van der Waals surface area contributed by atoms with Crippen molar-refractivity contribution in [2.75, 3.05) is 5.43 Å². The number of non-ortho nitro benzene ring substituents is 1. The van der Waals surface area contributed by atoms with Crippen LogP contribution in [0.5, 0.6) is 0 Å². The van der Waals surface area contributed by atoms with E-state index in [0.717, 1.165) is 16.8 Å². The number of nitro benzene ring substituents is 1. The number of carbonyl (C=O) groups is 1. The number of carbonyl (C=O) groups excluding carboxylic acids is 1. The molecule has 5 aromatic rings. The molecule has 0 aliphatic rings. The van der Waals surface area contributed by atoms with Gasteiger partial charge in [0.05, 0.1) is 10.5 Å². The van der Waals surface area contributed by atoms with Crippen molar-refractivity contribution >= 4 is 11.6 Å². The van der Waals surface area contributed by atoms with Gasteiger partial charge < -0.3 is 0 Å². The number of rotatable bonds is 6. The van der Waals surface area contributed by atoms with E-state index in [2.05, 4.69) is 5.43 Å². The molecule has 0 bridgehead atoms. The van der Waals surface area contributed by atoms with Gasteiger partial charge >= 0.3 is 5.82 Å². The Bertz CT molecular complexity index is 1480. The predicted molar refractivity (Wildman–Crippen MR) is 131 cm³/mol. The van der Waals surface area contributed by atoms with Crippen molar-refractivity contribution in [3.05, 3.63) is 131 Å². The third-order valence-corrected chi connectivity index (χ3v) is 5.44. The molecule has 4 aromatic carbocycles. The first-order valence-electron chi connectivity index (χ1n) is 10.9. The molecule has 0 spiro atoms. The maximum absolute atomic E-state index is 13.3. The SMILES string of the molecule is O=C(Nn1c(-c2ccccc2)n[n+](-c2ccccc2)c1-c1ccccc1)c1ccc([N+](=O)[O-])cc1. The lowest BCUT2D eigenvalue weighted by Gasteiger charge is -2.07. The van der Waals surface area contributed by atoms with Gasteiger partial charge in [-0.1, -0.05) is 64.0 Å². The number of benzene rings is 4. The Balaban J connectivity index is 1.69. The molecule has 0 aliphatic heterocycles. The van der Waals surface area contributed by atoms with Crippen molar-refractivity contribution in [1.82, 2.24) is 9.77 Å². The molecule has 0 unspecified atom stereocenters. The second-order valence-electron chi connectivity index (χ2n) is 7.71. The van der Waals surface area contributed by atoms with Gasteiger partial charge in [0, 0.05) is 23.3 Å². The van der Waals surface area contributed by atoms with Crippen LogP contribution in [0.3, 0.4) is 0 Å². The number of hydrogen-bond donors (Lipinski definition) is 1. The van der Waals surface area contributed by atoms with Crippen LogP contribution >= 0.6 is 0 Å². The largest absolute Gasteiger partial charge is 0.340 e. The highest BCUT2D eigenvalue weighted by atomic mass is 16.6. The minimum absolute atomic E-state index is 0.0824. The van der Waals surface area contributed by atoms with Crippen LogP contribution in [0.25, 0.3) is 28.5 Å². The van der Waals surface area contributed by atoms with Crippen molar-refractivity contribution in [3.8, 4) is 28.5 Å². The van der Waals surface area contributed by atoms with E-state index in [0.29, 0.717) is 11.6 Å². The molecular weight excluding hydrogens is 442 g/mol. The molecule has 1 N–H and O–H groups in total. The van der Waals surface area contributed by atoms with Crippen LogP contribution in [0.15, 0.2) is 115 Å². The van der Waals surface area contributed by atoms with E-state index in [1.165, 1.54) is 24.3 Å². The van der Waals surface area contributed by atoms with E-state index >= 15 is 0 Å². The first kappa shape index (κ1) is 21.7. The Morgan fingerprint density at radius 2 is 1.31 bits per heavy atom. The molecule has 5 rings (SSSR count). The van der Waals surface area contributed by atoms with Crippen LogP contribution in [0.2, 0.25) is 0 Å². The molecule has 0 fully saturated rings. The molecule has 0 aliphatic carbocycles. The molecule has 0 radical (unpaired) electrons. The standard InChI is InChI=1S/C27H19N5O3/c33-26(21-16-18-24(19-17-21)32(34)35)29-31-25(20-10-4-1-5-11-20)28-30(23-14-8-3-9-15-23)27(31)22-12-6-2-7-13-22/h1-19H/p+1. The lowest BCUT2D eigenvalue weighted by molar-refractivity contribution is -0.645. The maximum atomic E-state index is 13.3. The van der Waals surface area contributed by atoms with Crippen LogP contribution in [0.1, 0.15) is 10.4 Å². The summed E-state index contributed by atoms with van der Waals surface area (Å²) in [5.41, 5.74) is 5.64. The average Bonchev–Trinajstić information content (AvgIpc) is 3.29. The number of nitro groups is 1. The smallest absolute Gasteiger partial charge is 0.266 e. The van der Waals surface area contributed by atoms with Gasteiger partial charge in [0.15, 0.2) is 5.69 Å². The summed E-state index contributed by atoms with van der Waals surface area (Å²) < 4.78 is 3.44. The molecular formula is C27H20N5O3+. The molecule has 1 amide bonds. The van der Waals surface area contributed by atoms with Gasteiger partial charge in [0.2, 0.25) is 0 Å². The predicted octanol–water partition coefficient (Wildman–Crippen LogP) is 4.79. The molecule has 8 heteroatoms. The summed E-state index contributed by atoms with van der Waals surface area (Å²) in [6, 6.07) is 34.3. The van der Waals surface area contributed by atoms with E-state index < -0.39 is 10.8 Å². The third-order valence-electron chi connectivity index (χ3n) is 5.44. The van der Waals surface area contributed by atoms with Crippen LogP contribution in [0.4, 0.5) is 5.69 Å². The van der Waals surface area contributed by atoms with Crippen molar-refractivity contribution in [1.29, 1.82) is 0 Å². The first-order valence-corrected chi connectivity index (χ1v) is 10.9. The molecule has 0 saturated heterocycles. The fourth-order valence-electron chi connectivity index (χ4n) is 3.75. The molecule has 170 valence electrons. The fraction of sp³-hybridized carbons (Fsp3) is 0. The highest BCUT2D eigenvalue weighted by molar-refractivity contribution is 6.00. The first-order chi connectivity index (χ1) is 17.1. The van der Waals surface area contributed by atoms with Gasteiger partial charge in [0.25, 0.3) is 17.4 Å². The van der Waals surface area contributed by atoms with E-state index in [-0.39, 0.29) is 11.3 Å². The summed E-state index contributed by atoms with van der Waals surface area (Å²) in [6.07, 6.45) is 0. The van der Waals surface area contributed by atoms with Gasteiger partial charge in [-0.3, -0.25) is 14.9 Å². The topological polar surface area (TPSA) is 93.9 Å². The quantitative estimate of drug-likeness (QED) is 0.223. The summed E-state index contributed by atoms with van der Waals surface area (Å²) in [4.78, 5) is 23.8. The van der Waals surface area contributed by atoms with Crippen molar-refractivity contribution in [3.63, 3.8) is 0 Å². The molecule has 35 heavy (non-hydrogen) atoms. The second-order valence-corrected chi connectivity index (χ2v) is 7.71. The number of hydrogen-bond acceptors (Lipinski definition) is 4. The zero-order chi connectivity index (χ0) is 24.2. The fourth-order valence-corrected chi connectivity index (χ4v) is 3.75. The normalized spacial score (nSPS) is 10.6. The van der Waals surface area contributed by atoms with E-state index in [1.54, 1.807) is 9.36 Å². The van der Waals surface area contributed by atoms with Crippen LogP contribution < -0.4 is 10.1 Å². The Hall–Kier alpha value is -5.11. The number of aromatic nitrogens is 3. The van der Waals surface area contributed by atoms with Crippen LogP contribution in [0, 0.1) is 10.1 Å². The van der Waals surface area contributed by atoms with E-state index in [9.17, 15) is 14.9 Å². The van der Waals surface area contributed by atoms with Crippen LogP contribution in [-0.4, -0.2) is 20.6 Å². The molecule has 1 aromatic heterocycles. The van der Waals surface area contributed by atoms with Gasteiger partial charge in [0.1, 0.15) is 0 Å². The van der Waals surface area contributed by atoms with Crippen molar-refractivity contribution in [2.45, 2.75) is 0 Å². The average molecular weight is 462 g/mol. The van der Waals surface area contributed by atoms with Gasteiger partial charge in [-0.15, -0.1) is 0 Å². The molecule has 0 saturated carbocycles. The summed E-state index contributed by atoms with van der Waals surface area (Å²) in [7, 11) is 0. The Kier molecular flexibility index (Phi) is 5.83. The van der Waals surface area contributed by atoms with E-state index in [1.807, 2.05) is 91.0 Å². The van der Waals surface area contributed by atoms with Gasteiger partial charge in [-0.2, -0.15) is 5.43 Å². The van der Waals surface area contributed by atoms with Crippen molar-refractivity contribution in [2.24, 2.45) is 0 Å². The molecule has 8 nitrogen and oxygen atoms in total. The third kappa shape index (κ3) is 4.40. The molecule has 1 heterocycles. The Morgan fingerprint density at radius 3 is 1.89 bits per heavy atom. The number of nitrogens with one attached hydrogen (secondary N) is 1. The van der Waals surface area contributed by atoms with Gasteiger partial charge in [-0.05, 0) is 53.6 Å². The van der Waals surface area contributed by atoms with Gasteiger partial charge in [-0.25, -0.2) is 0 Å². The highest BCUT2D eigenvalue weighted by Gasteiger charge is 2.31. The number of nitrogens with zero attached hydrogens (tertiary/aromatic N) is 4. The highest BCUT2D eigenvalue weighted by Crippen LogP contribution is 2.24. The Morgan fingerprint density at radius 1 is 0.771 bits per heavy atom. The summed E-state index contributed by atoms with van der Waals surface area (Å²) in [5.74, 6) is 0.751. The lowest BCUT2D eigenvalue weighted by Crippen LogP contribution is -2.36. The zero-order valence-electron chi connectivity index (χ0n) is 18.5. The maximum Gasteiger partial charge on any atom is 0.340 e. The lowest BCUT2D eigenvalue weighted by atomic mass is 10.2. The second kappa shape index (κ2) is 9.40.